The van der Waals surface area contributed by atoms with E-state index in [2.05, 4.69) is 5.32 Å². The van der Waals surface area contributed by atoms with E-state index in [-0.39, 0.29) is 16.7 Å². The van der Waals surface area contributed by atoms with Gasteiger partial charge >= 0.3 is 5.97 Å². The molecular weight excluding hydrogens is 396 g/mol. The molecule has 3 rings (SSSR count). The minimum Gasteiger partial charge on any atom is -0.493 e. The van der Waals surface area contributed by atoms with Crippen molar-refractivity contribution in [2.75, 3.05) is 19.5 Å². The molecule has 0 bridgehead atoms. The molecular formula is C22H17F2NO5. The van der Waals surface area contributed by atoms with E-state index in [1.54, 1.807) is 18.2 Å². The van der Waals surface area contributed by atoms with Gasteiger partial charge in [0.05, 0.1) is 25.3 Å². The van der Waals surface area contributed by atoms with Crippen molar-refractivity contribution in [1.82, 2.24) is 0 Å². The molecule has 0 heterocycles. The van der Waals surface area contributed by atoms with E-state index in [0.29, 0.717) is 17.1 Å². The maximum Gasteiger partial charge on any atom is 0.336 e. The number of halogens is 2. The second-order valence-corrected chi connectivity index (χ2v) is 6.19. The van der Waals surface area contributed by atoms with Crippen molar-refractivity contribution in [3.8, 4) is 22.6 Å². The Bertz CT molecular complexity index is 1110. The molecule has 0 saturated carbocycles. The number of aromatic carboxylic acids is 1. The van der Waals surface area contributed by atoms with Crippen LogP contribution in [0.2, 0.25) is 0 Å². The van der Waals surface area contributed by atoms with Crippen molar-refractivity contribution < 1.29 is 33.0 Å². The topological polar surface area (TPSA) is 84.9 Å². The number of ether oxygens (including phenoxy) is 2. The predicted octanol–water partition coefficient (Wildman–Crippen LogP) is 4.60. The molecule has 3 aromatic rings. The number of rotatable bonds is 6. The highest BCUT2D eigenvalue weighted by atomic mass is 19.1. The number of anilines is 1. The fraction of sp³-hybridized carbons (Fsp3) is 0.0909. The van der Waals surface area contributed by atoms with Gasteiger partial charge in [0, 0.05) is 0 Å². The van der Waals surface area contributed by atoms with Gasteiger partial charge in [0.2, 0.25) is 0 Å². The Morgan fingerprint density at radius 1 is 0.833 bits per heavy atom. The zero-order chi connectivity index (χ0) is 21.8. The summed E-state index contributed by atoms with van der Waals surface area (Å²) < 4.78 is 39.6. The molecule has 30 heavy (non-hydrogen) atoms. The van der Waals surface area contributed by atoms with Crippen LogP contribution in [-0.4, -0.2) is 31.2 Å². The van der Waals surface area contributed by atoms with Gasteiger partial charge in [0.25, 0.3) is 5.91 Å². The molecule has 0 radical (unpaired) electrons. The number of amides is 1. The molecule has 1 amide bonds. The molecule has 3 aromatic carbocycles. The number of hydrogen-bond donors (Lipinski definition) is 2. The summed E-state index contributed by atoms with van der Waals surface area (Å²) in [6.07, 6.45) is 0. The molecule has 0 atom stereocenters. The fourth-order valence-electron chi connectivity index (χ4n) is 2.92. The maximum absolute atomic E-state index is 14.6. The quantitative estimate of drug-likeness (QED) is 0.617. The lowest BCUT2D eigenvalue weighted by atomic mass is 10.0. The van der Waals surface area contributed by atoms with Crippen LogP contribution in [0.15, 0.2) is 54.6 Å². The first-order chi connectivity index (χ1) is 14.3. The Kier molecular flexibility index (Phi) is 5.96. The van der Waals surface area contributed by atoms with Gasteiger partial charge in [-0.25, -0.2) is 13.6 Å². The first-order valence-electron chi connectivity index (χ1n) is 8.70. The highest BCUT2D eigenvalue weighted by Crippen LogP contribution is 2.34. The van der Waals surface area contributed by atoms with E-state index in [0.717, 1.165) is 12.1 Å². The van der Waals surface area contributed by atoms with Crippen LogP contribution in [0.1, 0.15) is 20.7 Å². The number of carboxylic acids is 1. The van der Waals surface area contributed by atoms with E-state index >= 15 is 0 Å². The summed E-state index contributed by atoms with van der Waals surface area (Å²) in [5, 5.41) is 11.3. The van der Waals surface area contributed by atoms with Gasteiger partial charge in [-0.15, -0.1) is 0 Å². The summed E-state index contributed by atoms with van der Waals surface area (Å²) in [7, 11) is 2.91. The molecule has 0 aliphatic carbocycles. The van der Waals surface area contributed by atoms with Crippen molar-refractivity contribution in [3.63, 3.8) is 0 Å². The molecule has 0 spiro atoms. The molecule has 0 aromatic heterocycles. The van der Waals surface area contributed by atoms with Crippen LogP contribution in [0.3, 0.4) is 0 Å². The second kappa shape index (κ2) is 8.60. The first kappa shape index (κ1) is 20.8. The Morgan fingerprint density at radius 3 is 2.00 bits per heavy atom. The minimum absolute atomic E-state index is 0.215. The molecule has 0 aliphatic rings. The predicted molar refractivity (Wildman–Crippen MR) is 106 cm³/mol. The van der Waals surface area contributed by atoms with Crippen LogP contribution in [0.5, 0.6) is 11.5 Å². The van der Waals surface area contributed by atoms with E-state index in [1.807, 2.05) is 0 Å². The van der Waals surface area contributed by atoms with Gasteiger partial charge in [-0.2, -0.15) is 0 Å². The van der Waals surface area contributed by atoms with Gasteiger partial charge in [-0.1, -0.05) is 18.2 Å². The Labute approximate surface area is 170 Å². The van der Waals surface area contributed by atoms with E-state index in [1.165, 1.54) is 38.5 Å². The van der Waals surface area contributed by atoms with Gasteiger partial charge in [-0.05, 0) is 47.5 Å². The van der Waals surface area contributed by atoms with Crippen molar-refractivity contribution in [2.45, 2.75) is 0 Å². The fourth-order valence-corrected chi connectivity index (χ4v) is 2.92. The van der Waals surface area contributed by atoms with Crippen LogP contribution >= 0.6 is 0 Å². The SMILES string of the molecule is COc1ccc(-c2cc(F)c(NC(=O)c3ccccc3C(=O)O)c(F)c2)cc1OC. The van der Waals surface area contributed by atoms with Gasteiger partial charge < -0.3 is 19.9 Å². The molecule has 154 valence electrons. The highest BCUT2D eigenvalue weighted by molar-refractivity contribution is 6.10. The average molecular weight is 413 g/mol. The zero-order valence-corrected chi connectivity index (χ0v) is 16.0. The standard InChI is InChI=1S/C22H17F2NO5/c1-29-18-8-7-12(11-19(18)30-2)13-9-16(23)20(17(24)10-13)25-21(26)14-5-3-4-6-15(14)22(27)28/h3-11H,1-2H3,(H,25,26)(H,27,28). The third kappa shape index (κ3) is 4.07. The lowest BCUT2D eigenvalue weighted by Crippen LogP contribution is -2.18. The summed E-state index contributed by atoms with van der Waals surface area (Å²) in [6.45, 7) is 0. The largest absolute Gasteiger partial charge is 0.493 e. The average Bonchev–Trinajstić information content (AvgIpc) is 2.75. The van der Waals surface area contributed by atoms with Crippen molar-refractivity contribution in [3.05, 3.63) is 77.4 Å². The number of carbonyl (C=O) groups is 2. The van der Waals surface area contributed by atoms with E-state index in [4.69, 9.17) is 9.47 Å². The minimum atomic E-state index is -1.33. The lowest BCUT2D eigenvalue weighted by molar-refractivity contribution is 0.0692. The van der Waals surface area contributed by atoms with Crippen molar-refractivity contribution in [1.29, 1.82) is 0 Å². The molecule has 0 fully saturated rings. The van der Waals surface area contributed by atoms with Crippen LogP contribution < -0.4 is 14.8 Å². The van der Waals surface area contributed by atoms with Crippen molar-refractivity contribution >= 4 is 17.6 Å². The Morgan fingerprint density at radius 2 is 1.43 bits per heavy atom. The molecule has 8 heteroatoms. The monoisotopic (exact) mass is 413 g/mol. The number of carboxylic acid groups (broad SMARTS) is 1. The van der Waals surface area contributed by atoms with Gasteiger partial charge in [0.15, 0.2) is 11.5 Å². The molecule has 0 aliphatic heterocycles. The number of nitrogens with one attached hydrogen (secondary N) is 1. The lowest BCUT2D eigenvalue weighted by Gasteiger charge is -2.13. The molecule has 6 nitrogen and oxygen atoms in total. The molecule has 0 unspecified atom stereocenters. The highest BCUT2D eigenvalue weighted by Gasteiger charge is 2.20. The summed E-state index contributed by atoms with van der Waals surface area (Å²) in [5.41, 5.74) is -0.482. The van der Waals surface area contributed by atoms with E-state index < -0.39 is 29.2 Å². The number of methoxy groups -OCH3 is 2. The van der Waals surface area contributed by atoms with Gasteiger partial charge in [-0.3, -0.25) is 4.79 Å². The Balaban J connectivity index is 1.94. The summed E-state index contributed by atoms with van der Waals surface area (Å²) >= 11 is 0. The zero-order valence-electron chi connectivity index (χ0n) is 16.0. The van der Waals surface area contributed by atoms with E-state index in [9.17, 15) is 23.5 Å². The normalized spacial score (nSPS) is 10.4. The molecule has 0 saturated heterocycles. The van der Waals surface area contributed by atoms with Crippen molar-refractivity contribution in [2.24, 2.45) is 0 Å². The number of carbonyl (C=O) groups excluding carboxylic acids is 1. The first-order valence-corrected chi connectivity index (χ1v) is 8.70. The van der Waals surface area contributed by atoms with Crippen LogP contribution in [-0.2, 0) is 0 Å². The summed E-state index contributed by atoms with van der Waals surface area (Å²) in [6, 6.07) is 12.3. The summed E-state index contributed by atoms with van der Waals surface area (Å²) in [5.74, 6) is -3.45. The third-order valence-electron chi connectivity index (χ3n) is 4.40. The summed E-state index contributed by atoms with van der Waals surface area (Å²) in [4.78, 5) is 23.7. The number of benzene rings is 3. The second-order valence-electron chi connectivity index (χ2n) is 6.19. The smallest absolute Gasteiger partial charge is 0.336 e. The number of hydrogen-bond acceptors (Lipinski definition) is 4. The van der Waals surface area contributed by atoms with Crippen LogP contribution in [0, 0.1) is 11.6 Å². The molecule has 2 N–H and O–H groups in total. The van der Waals surface area contributed by atoms with Gasteiger partial charge in [0.1, 0.15) is 17.3 Å². The third-order valence-corrected chi connectivity index (χ3v) is 4.40. The van der Waals surface area contributed by atoms with Crippen LogP contribution in [0.25, 0.3) is 11.1 Å². The maximum atomic E-state index is 14.6. The van der Waals surface area contributed by atoms with Crippen LogP contribution in [0.4, 0.5) is 14.5 Å². The Hall–Kier alpha value is -3.94.